The minimum Gasteiger partial charge on any atom is -0.444 e. The lowest BCUT2D eigenvalue weighted by Crippen LogP contribution is -2.37. The molecule has 1 aromatic carbocycles. The molecule has 0 aliphatic carbocycles. The topological polar surface area (TPSA) is 98.6 Å². The molecule has 2 amide bonds. The van der Waals surface area contributed by atoms with Crippen molar-refractivity contribution in [2.75, 3.05) is 18.4 Å². The SMILES string of the molecule is CC(C)(C)OC(=O)N1CC[C@@H](F)[C@@H](n2nc(-c3ccnc4c3[C@H](C(F)(F)F)OC(=O)N4)c3ccccc32)CC1. The lowest BCUT2D eigenvalue weighted by molar-refractivity contribution is -0.206. The van der Waals surface area contributed by atoms with Gasteiger partial charge in [0.05, 0.1) is 17.1 Å². The highest BCUT2D eigenvalue weighted by molar-refractivity contribution is 5.97. The third-order valence-electron chi connectivity index (χ3n) is 6.62. The van der Waals surface area contributed by atoms with Crippen molar-refractivity contribution in [3.8, 4) is 11.3 Å². The van der Waals surface area contributed by atoms with Gasteiger partial charge in [-0.2, -0.15) is 18.3 Å². The number of alkyl halides is 4. The summed E-state index contributed by atoms with van der Waals surface area (Å²) in [6.45, 7) is 5.61. The Morgan fingerprint density at radius 2 is 1.85 bits per heavy atom. The van der Waals surface area contributed by atoms with Gasteiger partial charge in [-0.05, 0) is 45.7 Å². The lowest BCUT2D eigenvalue weighted by atomic mass is 9.97. The van der Waals surface area contributed by atoms with E-state index in [9.17, 15) is 22.8 Å². The quantitative estimate of drug-likeness (QED) is 0.384. The molecule has 2 aliphatic rings. The summed E-state index contributed by atoms with van der Waals surface area (Å²) in [5.41, 5.74) is -0.350. The van der Waals surface area contributed by atoms with Crippen molar-refractivity contribution in [3.63, 3.8) is 0 Å². The van der Waals surface area contributed by atoms with Crippen molar-refractivity contribution >= 4 is 28.9 Å². The van der Waals surface area contributed by atoms with Crippen LogP contribution in [0.1, 0.15) is 51.3 Å². The zero-order chi connectivity index (χ0) is 28.1. The number of nitrogens with one attached hydrogen (secondary N) is 1. The van der Waals surface area contributed by atoms with E-state index in [0.717, 1.165) is 0 Å². The van der Waals surface area contributed by atoms with E-state index in [0.29, 0.717) is 10.9 Å². The summed E-state index contributed by atoms with van der Waals surface area (Å²) in [4.78, 5) is 29.8. The predicted octanol–water partition coefficient (Wildman–Crippen LogP) is 6.17. The molecule has 0 spiro atoms. The van der Waals surface area contributed by atoms with Crippen molar-refractivity contribution < 1.29 is 36.6 Å². The van der Waals surface area contributed by atoms with Crippen LogP contribution in [0.3, 0.4) is 0 Å². The van der Waals surface area contributed by atoms with Gasteiger partial charge in [-0.1, -0.05) is 18.2 Å². The summed E-state index contributed by atoms with van der Waals surface area (Å²) < 4.78 is 69.0. The highest BCUT2D eigenvalue weighted by atomic mass is 19.4. The molecule has 3 atom stereocenters. The first-order valence-corrected chi connectivity index (χ1v) is 12.5. The summed E-state index contributed by atoms with van der Waals surface area (Å²) >= 11 is 0. The van der Waals surface area contributed by atoms with Crippen molar-refractivity contribution in [2.24, 2.45) is 0 Å². The van der Waals surface area contributed by atoms with Gasteiger partial charge in [-0.3, -0.25) is 10.00 Å². The number of hydrogen-bond donors (Lipinski definition) is 1. The second-order valence-corrected chi connectivity index (χ2v) is 10.5. The van der Waals surface area contributed by atoms with Gasteiger partial charge < -0.3 is 14.4 Å². The third-order valence-corrected chi connectivity index (χ3v) is 6.62. The molecule has 1 fully saturated rings. The number of fused-ring (bicyclic) bond motifs is 2. The zero-order valence-corrected chi connectivity index (χ0v) is 21.5. The Hall–Kier alpha value is -3.90. The highest BCUT2D eigenvalue weighted by Crippen LogP contribution is 2.46. The summed E-state index contributed by atoms with van der Waals surface area (Å²) in [5, 5.41) is 7.34. The number of likely N-dealkylation sites (tertiary alicyclic amines) is 1. The number of amides is 2. The molecule has 0 radical (unpaired) electrons. The number of hydrogen-bond acceptors (Lipinski definition) is 6. The van der Waals surface area contributed by atoms with Crippen LogP contribution in [0.15, 0.2) is 36.5 Å². The van der Waals surface area contributed by atoms with Gasteiger partial charge in [-0.15, -0.1) is 0 Å². The molecule has 3 aromatic rings. The van der Waals surface area contributed by atoms with Crippen LogP contribution in [0.25, 0.3) is 22.2 Å². The average molecular weight is 550 g/mol. The van der Waals surface area contributed by atoms with Gasteiger partial charge in [0.15, 0.2) is 0 Å². The average Bonchev–Trinajstić information content (AvgIpc) is 3.11. The molecule has 13 heteroatoms. The fourth-order valence-corrected chi connectivity index (χ4v) is 4.95. The number of carbonyl (C=O) groups excluding carboxylic acids is 2. The summed E-state index contributed by atoms with van der Waals surface area (Å²) in [7, 11) is 0. The van der Waals surface area contributed by atoms with Crippen LogP contribution in [0.2, 0.25) is 0 Å². The summed E-state index contributed by atoms with van der Waals surface area (Å²) in [6.07, 6.45) is -9.13. The Kier molecular flexibility index (Phi) is 6.63. The number of para-hydroxylation sites is 1. The fourth-order valence-electron chi connectivity index (χ4n) is 4.95. The van der Waals surface area contributed by atoms with Gasteiger partial charge in [0, 0.05) is 30.2 Å². The monoisotopic (exact) mass is 549 g/mol. The largest absolute Gasteiger partial charge is 0.444 e. The number of rotatable bonds is 2. The number of halogens is 4. The van der Waals surface area contributed by atoms with Crippen LogP contribution in [0, 0.1) is 0 Å². The first-order valence-electron chi connectivity index (χ1n) is 12.5. The highest BCUT2D eigenvalue weighted by Gasteiger charge is 2.49. The lowest BCUT2D eigenvalue weighted by Gasteiger charge is -2.28. The fraction of sp³-hybridized carbons (Fsp3) is 0.462. The van der Waals surface area contributed by atoms with Gasteiger partial charge in [0.1, 0.15) is 23.3 Å². The van der Waals surface area contributed by atoms with Crippen LogP contribution in [0.4, 0.5) is 33.0 Å². The molecule has 208 valence electrons. The maximum Gasteiger partial charge on any atom is 0.430 e. The molecule has 2 aliphatic heterocycles. The standard InChI is InChI=1S/C26H27F4N5O4/c1-25(2,3)39-24(37)34-12-9-16(27)18(10-13-34)35-17-7-5-4-6-14(17)20(33-35)15-8-11-31-22-19(15)21(26(28,29)30)38-23(36)32-22/h4-8,11,16,18,21H,9-10,12-13H2,1-3H3,(H,31,32,36)/t16-,18+,21-/m1/s1. The third kappa shape index (κ3) is 5.21. The van der Waals surface area contributed by atoms with Crippen molar-refractivity contribution in [1.82, 2.24) is 19.7 Å². The van der Waals surface area contributed by atoms with Crippen LogP contribution in [-0.4, -0.2) is 62.9 Å². The molecule has 4 heterocycles. The van der Waals surface area contributed by atoms with Crippen molar-refractivity contribution in [2.45, 2.75) is 63.7 Å². The molecule has 5 rings (SSSR count). The number of carbonyl (C=O) groups is 2. The van der Waals surface area contributed by atoms with E-state index < -0.39 is 42.3 Å². The number of nitrogens with zero attached hydrogens (tertiary/aromatic N) is 4. The first kappa shape index (κ1) is 26.7. The second-order valence-electron chi connectivity index (χ2n) is 10.5. The van der Waals surface area contributed by atoms with E-state index in [1.165, 1.54) is 21.8 Å². The number of benzene rings is 1. The molecule has 2 aromatic heterocycles. The maximum absolute atomic E-state index is 15.6. The van der Waals surface area contributed by atoms with E-state index >= 15 is 4.39 Å². The summed E-state index contributed by atoms with van der Waals surface area (Å²) in [6, 6.07) is 7.40. The molecular weight excluding hydrogens is 522 g/mol. The molecule has 1 N–H and O–H groups in total. The molecule has 1 saturated heterocycles. The van der Waals surface area contributed by atoms with E-state index in [1.54, 1.807) is 45.0 Å². The Balaban J connectivity index is 1.57. The van der Waals surface area contributed by atoms with Gasteiger partial charge in [0.25, 0.3) is 0 Å². The minimum atomic E-state index is -4.90. The number of pyridine rings is 1. The molecule has 0 saturated carbocycles. The predicted molar refractivity (Wildman–Crippen MR) is 133 cm³/mol. The van der Waals surface area contributed by atoms with Crippen molar-refractivity contribution in [1.29, 1.82) is 0 Å². The number of cyclic esters (lactones) is 1. The minimum absolute atomic E-state index is 0.0358. The molecule has 0 bridgehead atoms. The smallest absolute Gasteiger partial charge is 0.430 e. The summed E-state index contributed by atoms with van der Waals surface area (Å²) in [5.74, 6) is -0.282. The zero-order valence-electron chi connectivity index (χ0n) is 21.5. The van der Waals surface area contributed by atoms with Crippen LogP contribution < -0.4 is 5.32 Å². The first-order chi connectivity index (χ1) is 18.3. The number of ether oxygens (including phenoxy) is 2. The van der Waals surface area contributed by atoms with E-state index in [-0.39, 0.29) is 48.6 Å². The molecule has 0 unspecified atom stereocenters. The Morgan fingerprint density at radius 3 is 2.56 bits per heavy atom. The van der Waals surface area contributed by atoms with Gasteiger partial charge in [-0.25, -0.2) is 19.0 Å². The molecule has 9 nitrogen and oxygen atoms in total. The Labute approximate surface area is 221 Å². The maximum atomic E-state index is 15.6. The van der Waals surface area contributed by atoms with Gasteiger partial charge in [0.2, 0.25) is 6.10 Å². The van der Waals surface area contributed by atoms with E-state index in [4.69, 9.17) is 4.74 Å². The van der Waals surface area contributed by atoms with Crippen LogP contribution in [0.5, 0.6) is 0 Å². The number of anilines is 1. The van der Waals surface area contributed by atoms with E-state index in [2.05, 4.69) is 20.1 Å². The Morgan fingerprint density at radius 1 is 1.13 bits per heavy atom. The molecular formula is C26H27F4N5O4. The second kappa shape index (κ2) is 9.69. The number of aromatic nitrogens is 3. The molecule has 39 heavy (non-hydrogen) atoms. The van der Waals surface area contributed by atoms with Gasteiger partial charge >= 0.3 is 18.4 Å². The van der Waals surface area contributed by atoms with Crippen LogP contribution >= 0.6 is 0 Å². The Bertz CT molecular complexity index is 1420. The van der Waals surface area contributed by atoms with Crippen molar-refractivity contribution in [3.05, 3.63) is 42.1 Å². The normalized spacial score (nSPS) is 22.1. The van der Waals surface area contributed by atoms with Crippen LogP contribution in [-0.2, 0) is 9.47 Å². The van der Waals surface area contributed by atoms with E-state index in [1.807, 2.05) is 0 Å².